The fourth-order valence-corrected chi connectivity index (χ4v) is 3.56. The van der Waals surface area contributed by atoms with Gasteiger partial charge in [0, 0.05) is 56.8 Å². The number of carbonyl (C=O) groups excluding carboxylic acids is 1. The molecule has 0 spiro atoms. The van der Waals surface area contributed by atoms with Crippen molar-refractivity contribution < 1.29 is 4.79 Å². The molecule has 0 radical (unpaired) electrons. The molecule has 5 heteroatoms. The molecule has 1 atom stereocenters. The lowest BCUT2D eigenvalue weighted by Gasteiger charge is -2.25. The van der Waals surface area contributed by atoms with Gasteiger partial charge in [-0.1, -0.05) is 13.8 Å². The molecule has 0 saturated carbocycles. The molecule has 3 heterocycles. The van der Waals surface area contributed by atoms with Crippen LogP contribution in [-0.4, -0.2) is 31.5 Å². The van der Waals surface area contributed by atoms with Crippen molar-refractivity contribution in [2.24, 2.45) is 7.05 Å². The minimum atomic E-state index is 0.231. The molecule has 2 aromatic rings. The van der Waals surface area contributed by atoms with E-state index in [2.05, 4.69) is 58.2 Å². The van der Waals surface area contributed by atoms with E-state index in [1.165, 1.54) is 5.69 Å². The van der Waals surface area contributed by atoms with E-state index in [4.69, 9.17) is 0 Å². The Kier molecular flexibility index (Phi) is 4.55. The van der Waals surface area contributed by atoms with Crippen LogP contribution in [0, 0.1) is 0 Å². The molecule has 0 bridgehead atoms. The van der Waals surface area contributed by atoms with Gasteiger partial charge in [-0.15, -0.1) is 0 Å². The molecular formula is C18H26N4O. The number of amides is 1. The van der Waals surface area contributed by atoms with Crippen molar-refractivity contribution in [1.29, 1.82) is 0 Å². The number of aryl methyl sites for hydroxylation is 2. The van der Waals surface area contributed by atoms with E-state index in [-0.39, 0.29) is 11.9 Å². The number of aromatic nitrogens is 3. The van der Waals surface area contributed by atoms with Gasteiger partial charge in [-0.3, -0.25) is 4.79 Å². The summed E-state index contributed by atoms with van der Waals surface area (Å²) in [6, 6.07) is 4.41. The zero-order valence-corrected chi connectivity index (χ0v) is 14.3. The van der Waals surface area contributed by atoms with Crippen molar-refractivity contribution in [2.45, 2.75) is 51.6 Å². The molecule has 1 aliphatic rings. The molecule has 1 saturated heterocycles. The highest BCUT2D eigenvalue weighted by Crippen LogP contribution is 2.32. The normalized spacial score (nSPS) is 18.1. The molecule has 0 aliphatic carbocycles. The van der Waals surface area contributed by atoms with Crippen molar-refractivity contribution in [3.05, 3.63) is 42.2 Å². The van der Waals surface area contributed by atoms with Crippen molar-refractivity contribution in [3.63, 3.8) is 0 Å². The van der Waals surface area contributed by atoms with E-state index in [0.717, 1.165) is 25.2 Å². The molecule has 0 unspecified atom stereocenters. The SMILES string of the molecule is CC(C)c1nccn1CCC(=O)N1CCC[C@H]1c1cccn1C. The summed E-state index contributed by atoms with van der Waals surface area (Å²) in [6.45, 7) is 5.84. The van der Waals surface area contributed by atoms with Gasteiger partial charge in [0.2, 0.25) is 5.91 Å². The Morgan fingerprint density at radius 3 is 2.91 bits per heavy atom. The number of nitrogens with zero attached hydrogens (tertiary/aromatic N) is 4. The second-order valence-electron chi connectivity index (χ2n) is 6.67. The molecule has 1 fully saturated rings. The Balaban J connectivity index is 1.66. The average molecular weight is 314 g/mol. The lowest BCUT2D eigenvalue weighted by molar-refractivity contribution is -0.132. The van der Waals surface area contributed by atoms with Crippen LogP contribution < -0.4 is 0 Å². The summed E-state index contributed by atoms with van der Waals surface area (Å²) in [5.41, 5.74) is 1.24. The molecule has 23 heavy (non-hydrogen) atoms. The molecule has 3 rings (SSSR count). The largest absolute Gasteiger partial charge is 0.353 e. The highest BCUT2D eigenvalue weighted by Gasteiger charge is 2.30. The van der Waals surface area contributed by atoms with Crippen LogP contribution in [0.5, 0.6) is 0 Å². The second kappa shape index (κ2) is 6.60. The summed E-state index contributed by atoms with van der Waals surface area (Å²) in [5, 5.41) is 0. The Hall–Kier alpha value is -2.04. The first-order valence-corrected chi connectivity index (χ1v) is 8.49. The van der Waals surface area contributed by atoms with Gasteiger partial charge in [0.1, 0.15) is 5.82 Å². The maximum Gasteiger partial charge on any atom is 0.224 e. The first kappa shape index (κ1) is 15.8. The number of likely N-dealkylation sites (tertiary alicyclic amines) is 1. The quantitative estimate of drug-likeness (QED) is 0.851. The molecule has 2 aromatic heterocycles. The molecule has 0 N–H and O–H groups in total. The predicted octanol–water partition coefficient (Wildman–Crippen LogP) is 3.10. The van der Waals surface area contributed by atoms with Crippen molar-refractivity contribution in [3.8, 4) is 0 Å². The van der Waals surface area contributed by atoms with E-state index in [9.17, 15) is 4.79 Å². The highest BCUT2D eigenvalue weighted by molar-refractivity contribution is 5.77. The van der Waals surface area contributed by atoms with Crippen LogP contribution in [0.1, 0.15) is 56.6 Å². The molecule has 0 aromatic carbocycles. The van der Waals surface area contributed by atoms with E-state index >= 15 is 0 Å². The van der Waals surface area contributed by atoms with Gasteiger partial charge in [0.15, 0.2) is 0 Å². The van der Waals surface area contributed by atoms with Crippen LogP contribution in [0.4, 0.5) is 0 Å². The van der Waals surface area contributed by atoms with Crippen LogP contribution in [0.25, 0.3) is 0 Å². The fourth-order valence-electron chi connectivity index (χ4n) is 3.56. The molecule has 1 aliphatic heterocycles. The van der Waals surface area contributed by atoms with Gasteiger partial charge in [-0.2, -0.15) is 0 Å². The highest BCUT2D eigenvalue weighted by atomic mass is 16.2. The summed E-state index contributed by atoms with van der Waals surface area (Å²) in [7, 11) is 2.05. The van der Waals surface area contributed by atoms with Gasteiger partial charge in [0.25, 0.3) is 0 Å². The van der Waals surface area contributed by atoms with Gasteiger partial charge in [-0.25, -0.2) is 4.98 Å². The van der Waals surface area contributed by atoms with Gasteiger partial charge >= 0.3 is 0 Å². The maximum absolute atomic E-state index is 12.7. The Morgan fingerprint density at radius 1 is 1.39 bits per heavy atom. The van der Waals surface area contributed by atoms with Crippen LogP contribution in [0.2, 0.25) is 0 Å². The molecule has 124 valence electrons. The van der Waals surface area contributed by atoms with Crippen LogP contribution in [-0.2, 0) is 18.4 Å². The zero-order chi connectivity index (χ0) is 16.4. The molecular weight excluding hydrogens is 288 g/mol. The van der Waals surface area contributed by atoms with Crippen molar-refractivity contribution in [1.82, 2.24) is 19.0 Å². The van der Waals surface area contributed by atoms with Crippen LogP contribution >= 0.6 is 0 Å². The van der Waals surface area contributed by atoms with Crippen LogP contribution in [0.15, 0.2) is 30.7 Å². The Bertz CT molecular complexity index is 670. The van der Waals surface area contributed by atoms with Gasteiger partial charge in [0.05, 0.1) is 6.04 Å². The third-order valence-corrected chi connectivity index (χ3v) is 4.73. The Morgan fingerprint density at radius 2 is 2.22 bits per heavy atom. The third kappa shape index (κ3) is 3.19. The van der Waals surface area contributed by atoms with Gasteiger partial charge < -0.3 is 14.0 Å². The fraction of sp³-hybridized carbons (Fsp3) is 0.556. The maximum atomic E-state index is 12.7. The first-order valence-electron chi connectivity index (χ1n) is 8.49. The van der Waals surface area contributed by atoms with E-state index in [1.807, 2.05) is 12.4 Å². The predicted molar refractivity (Wildman–Crippen MR) is 90.0 cm³/mol. The number of hydrogen-bond donors (Lipinski definition) is 0. The summed E-state index contributed by atoms with van der Waals surface area (Å²) in [6.07, 6.45) is 8.53. The second-order valence-corrected chi connectivity index (χ2v) is 6.67. The smallest absolute Gasteiger partial charge is 0.224 e. The summed E-state index contributed by atoms with van der Waals surface area (Å²) in [5.74, 6) is 1.68. The number of hydrogen-bond acceptors (Lipinski definition) is 2. The van der Waals surface area contributed by atoms with Gasteiger partial charge in [-0.05, 0) is 25.0 Å². The zero-order valence-electron chi connectivity index (χ0n) is 14.3. The lowest BCUT2D eigenvalue weighted by Crippen LogP contribution is -2.32. The molecule has 1 amide bonds. The topological polar surface area (TPSA) is 43.1 Å². The average Bonchev–Trinajstić information content (AvgIpc) is 3.24. The minimum Gasteiger partial charge on any atom is -0.353 e. The number of carbonyl (C=O) groups is 1. The minimum absolute atomic E-state index is 0.231. The first-order chi connectivity index (χ1) is 11.1. The summed E-state index contributed by atoms with van der Waals surface area (Å²) in [4.78, 5) is 19.2. The van der Waals surface area contributed by atoms with E-state index in [0.29, 0.717) is 18.9 Å². The van der Waals surface area contributed by atoms with E-state index < -0.39 is 0 Å². The van der Waals surface area contributed by atoms with Crippen molar-refractivity contribution >= 4 is 5.91 Å². The molecule has 5 nitrogen and oxygen atoms in total. The third-order valence-electron chi connectivity index (χ3n) is 4.73. The Labute approximate surface area is 137 Å². The standard InChI is InChI=1S/C18H26N4O/c1-14(2)18-19-9-13-21(18)12-8-17(23)22-11-5-7-16(22)15-6-4-10-20(15)3/h4,6,9-10,13-14,16H,5,7-8,11-12H2,1-3H3/t16-/m0/s1. The summed E-state index contributed by atoms with van der Waals surface area (Å²) >= 11 is 0. The van der Waals surface area contributed by atoms with E-state index in [1.54, 1.807) is 0 Å². The lowest BCUT2D eigenvalue weighted by atomic mass is 10.1. The number of imidazole rings is 1. The summed E-state index contributed by atoms with van der Waals surface area (Å²) < 4.78 is 4.24. The monoisotopic (exact) mass is 314 g/mol. The number of rotatable bonds is 5. The van der Waals surface area contributed by atoms with Crippen LogP contribution in [0.3, 0.4) is 0 Å². The van der Waals surface area contributed by atoms with Crippen molar-refractivity contribution in [2.75, 3.05) is 6.54 Å².